The summed E-state index contributed by atoms with van der Waals surface area (Å²) in [6.45, 7) is 0. The van der Waals surface area contributed by atoms with Crippen molar-refractivity contribution in [1.82, 2.24) is 4.98 Å². The van der Waals surface area contributed by atoms with Gasteiger partial charge < -0.3 is 4.42 Å². The van der Waals surface area contributed by atoms with Crippen molar-refractivity contribution in [2.24, 2.45) is 0 Å². The first kappa shape index (κ1) is 14.3. The van der Waals surface area contributed by atoms with Gasteiger partial charge in [0.25, 0.3) is 10.0 Å². The van der Waals surface area contributed by atoms with Crippen molar-refractivity contribution >= 4 is 26.8 Å². The van der Waals surface area contributed by atoms with Gasteiger partial charge in [0.1, 0.15) is 5.52 Å². The summed E-state index contributed by atoms with van der Waals surface area (Å²) in [6.07, 6.45) is 5.61. The van der Waals surface area contributed by atoms with Crippen molar-refractivity contribution in [2.45, 2.75) is 30.6 Å². The summed E-state index contributed by atoms with van der Waals surface area (Å²) >= 11 is 0. The van der Waals surface area contributed by atoms with Crippen molar-refractivity contribution < 1.29 is 12.8 Å². The maximum atomic E-state index is 12.6. The molecule has 0 atom stereocenters. The van der Waals surface area contributed by atoms with Crippen molar-refractivity contribution in [3.63, 3.8) is 0 Å². The number of benzene rings is 2. The molecule has 0 bridgehead atoms. The van der Waals surface area contributed by atoms with E-state index in [4.69, 9.17) is 4.42 Å². The monoisotopic (exact) mass is 328 g/mol. The van der Waals surface area contributed by atoms with Gasteiger partial charge in [-0.1, -0.05) is 6.07 Å². The van der Waals surface area contributed by atoms with Crippen LogP contribution in [-0.4, -0.2) is 13.4 Å². The molecule has 0 fully saturated rings. The SMILES string of the molecule is O=S(=O)(Nc1ccc2ncoc2c1)c1ccc2c(c1)CCCC2. The standard InChI is InChI=1S/C17H16N2O3S/c20-23(21,15-7-5-12-3-1-2-4-13(12)9-15)19-14-6-8-16-17(10-14)22-11-18-16/h5-11,19H,1-4H2. The van der Waals surface area contributed by atoms with E-state index in [1.54, 1.807) is 30.3 Å². The minimum atomic E-state index is -3.61. The lowest BCUT2D eigenvalue weighted by atomic mass is 9.92. The van der Waals surface area contributed by atoms with Crippen LogP contribution >= 0.6 is 0 Å². The molecule has 4 rings (SSSR count). The highest BCUT2D eigenvalue weighted by molar-refractivity contribution is 7.92. The number of anilines is 1. The summed E-state index contributed by atoms with van der Waals surface area (Å²) < 4.78 is 33.0. The molecular formula is C17H16N2O3S. The molecule has 0 saturated heterocycles. The molecule has 1 aliphatic carbocycles. The molecule has 6 heteroatoms. The molecule has 0 saturated carbocycles. The molecule has 0 spiro atoms. The lowest BCUT2D eigenvalue weighted by molar-refractivity contribution is 0.600. The Morgan fingerprint density at radius 1 is 1.00 bits per heavy atom. The number of aryl methyl sites for hydroxylation is 2. The molecule has 0 radical (unpaired) electrons. The predicted octanol–water partition coefficient (Wildman–Crippen LogP) is 3.51. The first-order chi connectivity index (χ1) is 11.1. The molecule has 1 aromatic heterocycles. The van der Waals surface area contributed by atoms with Gasteiger partial charge in [0.2, 0.25) is 0 Å². The first-order valence-electron chi connectivity index (χ1n) is 7.60. The van der Waals surface area contributed by atoms with Gasteiger partial charge in [0.05, 0.1) is 10.6 Å². The second kappa shape index (κ2) is 5.38. The third-order valence-corrected chi connectivity index (χ3v) is 5.59. The van der Waals surface area contributed by atoms with Gasteiger partial charge in [0.15, 0.2) is 12.0 Å². The molecule has 1 heterocycles. The van der Waals surface area contributed by atoms with E-state index in [9.17, 15) is 8.42 Å². The quantitative estimate of drug-likeness (QED) is 0.798. The van der Waals surface area contributed by atoms with Crippen LogP contribution in [0.25, 0.3) is 11.1 Å². The number of oxazole rings is 1. The Hall–Kier alpha value is -2.34. The highest BCUT2D eigenvalue weighted by Crippen LogP contribution is 2.26. The van der Waals surface area contributed by atoms with E-state index in [0.29, 0.717) is 21.7 Å². The Morgan fingerprint density at radius 3 is 2.70 bits per heavy atom. The van der Waals surface area contributed by atoms with Gasteiger partial charge in [-0.05, 0) is 61.1 Å². The highest BCUT2D eigenvalue weighted by Gasteiger charge is 2.18. The summed E-state index contributed by atoms with van der Waals surface area (Å²) in [6, 6.07) is 10.5. The molecule has 5 nitrogen and oxygen atoms in total. The van der Waals surface area contributed by atoms with Gasteiger partial charge >= 0.3 is 0 Å². The third kappa shape index (κ3) is 2.70. The lowest BCUT2D eigenvalue weighted by Crippen LogP contribution is -2.14. The first-order valence-corrected chi connectivity index (χ1v) is 9.08. The Balaban J connectivity index is 1.66. The number of aromatic nitrogens is 1. The van der Waals surface area contributed by atoms with Crippen molar-refractivity contribution in [3.8, 4) is 0 Å². The second-order valence-corrected chi connectivity index (χ2v) is 7.46. The fourth-order valence-corrected chi connectivity index (χ4v) is 4.11. The van der Waals surface area contributed by atoms with Crippen LogP contribution in [-0.2, 0) is 22.9 Å². The van der Waals surface area contributed by atoms with Crippen LogP contribution in [0.3, 0.4) is 0 Å². The average Bonchev–Trinajstić information content (AvgIpc) is 3.01. The second-order valence-electron chi connectivity index (χ2n) is 5.78. The van der Waals surface area contributed by atoms with E-state index in [-0.39, 0.29) is 0 Å². The molecule has 23 heavy (non-hydrogen) atoms. The summed E-state index contributed by atoms with van der Waals surface area (Å²) in [5.41, 5.74) is 4.12. The zero-order valence-corrected chi connectivity index (χ0v) is 13.3. The number of rotatable bonds is 3. The average molecular weight is 328 g/mol. The number of hydrogen-bond acceptors (Lipinski definition) is 4. The molecular weight excluding hydrogens is 312 g/mol. The number of sulfonamides is 1. The van der Waals surface area contributed by atoms with E-state index in [1.165, 1.54) is 18.4 Å². The fourth-order valence-electron chi connectivity index (χ4n) is 3.01. The molecule has 2 aromatic carbocycles. The van der Waals surface area contributed by atoms with Gasteiger partial charge in [-0.2, -0.15) is 0 Å². The molecule has 118 valence electrons. The number of nitrogens with one attached hydrogen (secondary N) is 1. The molecule has 1 N–H and O–H groups in total. The smallest absolute Gasteiger partial charge is 0.261 e. The van der Waals surface area contributed by atoms with Crippen LogP contribution in [0.4, 0.5) is 5.69 Å². The van der Waals surface area contributed by atoms with Crippen molar-refractivity contribution in [2.75, 3.05) is 4.72 Å². The van der Waals surface area contributed by atoms with E-state index in [2.05, 4.69) is 9.71 Å². The molecule has 0 unspecified atom stereocenters. The van der Waals surface area contributed by atoms with Gasteiger partial charge in [0, 0.05) is 6.07 Å². The highest BCUT2D eigenvalue weighted by atomic mass is 32.2. The zero-order valence-electron chi connectivity index (χ0n) is 12.5. The van der Waals surface area contributed by atoms with E-state index in [1.807, 2.05) is 6.07 Å². The Bertz CT molecular complexity index is 976. The number of hydrogen-bond donors (Lipinski definition) is 1. The summed E-state index contributed by atoms with van der Waals surface area (Å²) in [4.78, 5) is 4.32. The Morgan fingerprint density at radius 2 is 1.83 bits per heavy atom. The van der Waals surface area contributed by atoms with Crippen LogP contribution in [0, 0.1) is 0 Å². The topological polar surface area (TPSA) is 72.2 Å². The maximum absolute atomic E-state index is 12.6. The lowest BCUT2D eigenvalue weighted by Gasteiger charge is -2.17. The van der Waals surface area contributed by atoms with E-state index < -0.39 is 10.0 Å². The zero-order chi connectivity index (χ0) is 15.9. The van der Waals surface area contributed by atoms with Gasteiger partial charge in [-0.3, -0.25) is 4.72 Å². The Kier molecular flexibility index (Phi) is 3.34. The van der Waals surface area contributed by atoms with Crippen LogP contribution in [0.1, 0.15) is 24.0 Å². The largest absolute Gasteiger partial charge is 0.443 e. The normalized spacial score (nSPS) is 14.6. The third-order valence-electron chi connectivity index (χ3n) is 4.21. The summed E-state index contributed by atoms with van der Waals surface area (Å²) in [7, 11) is -3.61. The van der Waals surface area contributed by atoms with E-state index in [0.717, 1.165) is 24.8 Å². The van der Waals surface area contributed by atoms with Crippen molar-refractivity contribution in [1.29, 1.82) is 0 Å². The fraction of sp³-hybridized carbons (Fsp3) is 0.235. The molecule has 3 aromatic rings. The van der Waals surface area contributed by atoms with Crippen LogP contribution in [0.2, 0.25) is 0 Å². The summed E-state index contributed by atoms with van der Waals surface area (Å²) in [5, 5.41) is 0. The van der Waals surface area contributed by atoms with Crippen LogP contribution in [0.15, 0.2) is 52.1 Å². The van der Waals surface area contributed by atoms with Crippen LogP contribution < -0.4 is 4.72 Å². The molecule has 1 aliphatic rings. The number of fused-ring (bicyclic) bond motifs is 2. The minimum Gasteiger partial charge on any atom is -0.443 e. The van der Waals surface area contributed by atoms with Crippen LogP contribution in [0.5, 0.6) is 0 Å². The maximum Gasteiger partial charge on any atom is 0.261 e. The van der Waals surface area contributed by atoms with Gasteiger partial charge in [-0.15, -0.1) is 0 Å². The Labute approximate surface area is 134 Å². The van der Waals surface area contributed by atoms with E-state index >= 15 is 0 Å². The molecule has 0 aliphatic heterocycles. The minimum absolute atomic E-state index is 0.302. The molecule has 0 amide bonds. The van der Waals surface area contributed by atoms with Crippen molar-refractivity contribution in [3.05, 3.63) is 53.9 Å². The predicted molar refractivity (Wildman–Crippen MR) is 87.9 cm³/mol. The summed E-state index contributed by atoms with van der Waals surface area (Å²) in [5.74, 6) is 0. The number of nitrogens with zero attached hydrogens (tertiary/aromatic N) is 1. The van der Waals surface area contributed by atoms with Gasteiger partial charge in [-0.25, -0.2) is 13.4 Å².